The van der Waals surface area contributed by atoms with Crippen molar-refractivity contribution in [2.75, 3.05) is 42.6 Å². The summed E-state index contributed by atoms with van der Waals surface area (Å²) in [6.07, 6.45) is 4.31. The maximum Gasteiger partial charge on any atom is 0.161 e. The van der Waals surface area contributed by atoms with Gasteiger partial charge >= 0.3 is 0 Å². The highest BCUT2D eigenvalue weighted by atomic mass is 16.5. The van der Waals surface area contributed by atoms with E-state index in [1.165, 1.54) is 0 Å². The van der Waals surface area contributed by atoms with Gasteiger partial charge in [-0.05, 0) is 31.0 Å². The number of carbonyl (C=O) groups is 1. The lowest BCUT2D eigenvalue weighted by Crippen LogP contribution is -2.37. The summed E-state index contributed by atoms with van der Waals surface area (Å²) >= 11 is 0. The van der Waals surface area contributed by atoms with E-state index in [0.717, 1.165) is 49.8 Å². The summed E-state index contributed by atoms with van der Waals surface area (Å²) in [4.78, 5) is 16.5. The van der Waals surface area contributed by atoms with Gasteiger partial charge in [-0.2, -0.15) is 0 Å². The Kier molecular flexibility index (Phi) is 3.97. The number of Topliss-reactive ketones (excluding diaryl/α,β-unsaturated/α-hetero) is 1. The number of rotatable bonds is 3. The number of anilines is 2. The molecule has 1 aromatic carbocycles. The average molecular weight is 286 g/mol. The lowest BCUT2D eigenvalue weighted by atomic mass is 10.1. The van der Waals surface area contributed by atoms with Crippen molar-refractivity contribution in [3.05, 3.63) is 36.0 Å². The maximum absolute atomic E-state index is 12.0. The van der Waals surface area contributed by atoms with Crippen LogP contribution in [0.5, 0.6) is 0 Å². The zero-order valence-corrected chi connectivity index (χ0v) is 12.7. The second-order valence-electron chi connectivity index (χ2n) is 5.83. The van der Waals surface area contributed by atoms with Gasteiger partial charge in [0.25, 0.3) is 0 Å². The Bertz CT molecular complexity index is 562. The summed E-state index contributed by atoms with van der Waals surface area (Å²) in [7, 11) is 0. The highest BCUT2D eigenvalue weighted by molar-refractivity contribution is 6.00. The van der Waals surface area contributed by atoms with Gasteiger partial charge in [-0.3, -0.25) is 4.79 Å². The van der Waals surface area contributed by atoms with Gasteiger partial charge in [0.2, 0.25) is 0 Å². The van der Waals surface area contributed by atoms with Crippen LogP contribution in [0, 0.1) is 5.92 Å². The van der Waals surface area contributed by atoms with Crippen molar-refractivity contribution in [2.24, 2.45) is 5.92 Å². The molecule has 4 heteroatoms. The second kappa shape index (κ2) is 5.90. The van der Waals surface area contributed by atoms with E-state index in [2.05, 4.69) is 41.1 Å². The summed E-state index contributed by atoms with van der Waals surface area (Å²) in [6, 6.07) is 6.21. The Labute approximate surface area is 126 Å². The number of hydrogen-bond acceptors (Lipinski definition) is 4. The number of morpholine rings is 1. The van der Waals surface area contributed by atoms with Crippen LogP contribution >= 0.6 is 0 Å². The van der Waals surface area contributed by atoms with Gasteiger partial charge in [-0.25, -0.2) is 0 Å². The molecule has 0 amide bonds. The second-order valence-corrected chi connectivity index (χ2v) is 5.83. The lowest BCUT2D eigenvalue weighted by molar-refractivity contribution is 0.101. The number of hydrogen-bond donors (Lipinski definition) is 0. The van der Waals surface area contributed by atoms with Gasteiger partial charge in [0.15, 0.2) is 5.78 Å². The fourth-order valence-electron chi connectivity index (χ4n) is 2.94. The molecule has 0 bridgehead atoms. The molecule has 0 spiro atoms. The van der Waals surface area contributed by atoms with E-state index in [9.17, 15) is 4.79 Å². The number of carbonyl (C=O) groups excluding carboxylic acids is 1. The molecule has 112 valence electrons. The van der Waals surface area contributed by atoms with Gasteiger partial charge in [-0.15, -0.1) is 0 Å². The molecule has 1 atom stereocenters. The molecule has 0 saturated carbocycles. The van der Waals surface area contributed by atoms with Gasteiger partial charge < -0.3 is 14.5 Å². The van der Waals surface area contributed by atoms with E-state index in [4.69, 9.17) is 4.74 Å². The third kappa shape index (κ3) is 2.95. The highest BCUT2D eigenvalue weighted by Crippen LogP contribution is 2.29. The summed E-state index contributed by atoms with van der Waals surface area (Å²) in [6.45, 7) is 7.97. The Balaban J connectivity index is 1.91. The Morgan fingerprint density at radius 3 is 2.67 bits per heavy atom. The molecule has 3 rings (SSSR count). The van der Waals surface area contributed by atoms with Crippen LogP contribution in [0.2, 0.25) is 0 Å². The molecule has 1 aromatic rings. The van der Waals surface area contributed by atoms with Crippen LogP contribution in [0.15, 0.2) is 30.5 Å². The van der Waals surface area contributed by atoms with Gasteiger partial charge in [-0.1, -0.05) is 13.0 Å². The van der Waals surface area contributed by atoms with E-state index >= 15 is 0 Å². The molecular weight excluding hydrogens is 264 g/mol. The topological polar surface area (TPSA) is 32.8 Å². The fraction of sp³-hybridized carbons (Fsp3) is 0.471. The SMILES string of the molecule is CC(=O)c1cc(N2C=CC(C)C2)ccc1N1CCOCC1. The van der Waals surface area contributed by atoms with Crippen molar-refractivity contribution >= 4 is 17.2 Å². The first-order chi connectivity index (χ1) is 10.1. The molecule has 2 aliphatic heterocycles. The molecule has 0 aliphatic carbocycles. The third-order valence-corrected chi connectivity index (χ3v) is 4.12. The summed E-state index contributed by atoms with van der Waals surface area (Å²) in [5.41, 5.74) is 2.94. The first-order valence-electron chi connectivity index (χ1n) is 7.58. The summed E-state index contributed by atoms with van der Waals surface area (Å²) in [5.74, 6) is 0.680. The van der Waals surface area contributed by atoms with Crippen molar-refractivity contribution in [2.45, 2.75) is 13.8 Å². The maximum atomic E-state index is 12.0. The first-order valence-corrected chi connectivity index (χ1v) is 7.58. The minimum absolute atomic E-state index is 0.120. The van der Waals surface area contributed by atoms with E-state index in [-0.39, 0.29) is 5.78 Å². The molecule has 21 heavy (non-hydrogen) atoms. The summed E-state index contributed by atoms with van der Waals surface area (Å²) in [5, 5.41) is 0. The Hall–Kier alpha value is -1.81. The molecule has 0 N–H and O–H groups in total. The quantitative estimate of drug-likeness (QED) is 0.800. The minimum atomic E-state index is 0.120. The van der Waals surface area contributed by atoms with E-state index < -0.39 is 0 Å². The molecule has 1 unspecified atom stereocenters. The zero-order chi connectivity index (χ0) is 14.8. The smallest absolute Gasteiger partial charge is 0.161 e. The van der Waals surface area contributed by atoms with Crippen LogP contribution in [-0.4, -0.2) is 38.6 Å². The van der Waals surface area contributed by atoms with Gasteiger partial charge in [0, 0.05) is 42.8 Å². The molecule has 0 aromatic heterocycles. The van der Waals surface area contributed by atoms with E-state index in [1.54, 1.807) is 6.92 Å². The average Bonchev–Trinajstić information content (AvgIpc) is 2.94. The Morgan fingerprint density at radius 2 is 2.05 bits per heavy atom. The first kappa shape index (κ1) is 14.1. The van der Waals surface area contributed by atoms with Crippen LogP contribution < -0.4 is 9.80 Å². The fourth-order valence-corrected chi connectivity index (χ4v) is 2.94. The monoisotopic (exact) mass is 286 g/mol. The van der Waals surface area contributed by atoms with Crippen molar-refractivity contribution in [1.82, 2.24) is 0 Å². The number of ketones is 1. The van der Waals surface area contributed by atoms with Crippen LogP contribution in [0.1, 0.15) is 24.2 Å². The molecule has 4 nitrogen and oxygen atoms in total. The predicted molar refractivity (Wildman–Crippen MR) is 85.1 cm³/mol. The van der Waals surface area contributed by atoms with E-state index in [0.29, 0.717) is 5.92 Å². The molecular formula is C17H22N2O2. The molecule has 0 radical (unpaired) electrons. The van der Waals surface area contributed by atoms with Gasteiger partial charge in [0.1, 0.15) is 0 Å². The van der Waals surface area contributed by atoms with Crippen molar-refractivity contribution in [3.63, 3.8) is 0 Å². The minimum Gasteiger partial charge on any atom is -0.378 e. The predicted octanol–water partition coefficient (Wildman–Crippen LogP) is 2.70. The third-order valence-electron chi connectivity index (χ3n) is 4.12. The van der Waals surface area contributed by atoms with E-state index in [1.807, 2.05) is 6.07 Å². The number of benzene rings is 1. The van der Waals surface area contributed by atoms with Crippen LogP contribution in [-0.2, 0) is 4.74 Å². The van der Waals surface area contributed by atoms with Gasteiger partial charge in [0.05, 0.1) is 13.2 Å². The standard InChI is InChI=1S/C17H22N2O2/c1-13-5-6-19(12-13)15-3-4-17(16(11-15)14(2)20)18-7-9-21-10-8-18/h3-6,11,13H,7-10,12H2,1-2H3. The van der Waals surface area contributed by atoms with Crippen LogP contribution in [0.25, 0.3) is 0 Å². The number of nitrogens with zero attached hydrogens (tertiary/aromatic N) is 2. The summed E-state index contributed by atoms with van der Waals surface area (Å²) < 4.78 is 5.39. The van der Waals surface area contributed by atoms with Crippen molar-refractivity contribution < 1.29 is 9.53 Å². The zero-order valence-electron chi connectivity index (χ0n) is 12.7. The normalized spacial score (nSPS) is 21.9. The van der Waals surface area contributed by atoms with Crippen LogP contribution in [0.3, 0.4) is 0 Å². The highest BCUT2D eigenvalue weighted by Gasteiger charge is 2.20. The number of ether oxygens (including phenoxy) is 1. The molecule has 2 heterocycles. The molecule has 1 fully saturated rings. The Morgan fingerprint density at radius 1 is 1.29 bits per heavy atom. The van der Waals surface area contributed by atoms with Crippen molar-refractivity contribution in [3.8, 4) is 0 Å². The van der Waals surface area contributed by atoms with Crippen LogP contribution in [0.4, 0.5) is 11.4 Å². The largest absolute Gasteiger partial charge is 0.378 e. The lowest BCUT2D eigenvalue weighted by Gasteiger charge is -2.31. The van der Waals surface area contributed by atoms with Crippen molar-refractivity contribution in [1.29, 1.82) is 0 Å². The molecule has 2 aliphatic rings. The molecule has 1 saturated heterocycles.